The summed E-state index contributed by atoms with van der Waals surface area (Å²) in [7, 11) is 1.45. The molecule has 1 N–H and O–H groups in total. The Hall–Kier alpha value is -3.33. The van der Waals surface area contributed by atoms with E-state index in [9.17, 15) is 20.5 Å². The summed E-state index contributed by atoms with van der Waals surface area (Å²) < 4.78 is 4.95. The van der Waals surface area contributed by atoms with Crippen LogP contribution in [0.2, 0.25) is 0 Å². The standard InChI is InChI=1S/C16H12N2O4/c1-22-16-7-2-11(9-15(16)19)8-13(10-17)12-3-5-14(6-4-12)18(20)21/h2-9,19H,1H3. The molecular weight excluding hydrogens is 284 g/mol. The van der Waals surface area contributed by atoms with E-state index < -0.39 is 4.92 Å². The molecule has 0 saturated heterocycles. The molecule has 22 heavy (non-hydrogen) atoms. The molecular formula is C16H12N2O4. The van der Waals surface area contributed by atoms with Gasteiger partial charge in [0.15, 0.2) is 11.5 Å². The number of ether oxygens (including phenoxy) is 1. The first-order valence-corrected chi connectivity index (χ1v) is 6.29. The monoisotopic (exact) mass is 296 g/mol. The van der Waals surface area contributed by atoms with Crippen molar-refractivity contribution >= 4 is 17.3 Å². The Morgan fingerprint density at radius 1 is 1.32 bits per heavy atom. The molecule has 2 rings (SSSR count). The molecule has 0 heterocycles. The maximum Gasteiger partial charge on any atom is 0.269 e. The van der Waals surface area contributed by atoms with Gasteiger partial charge in [0.05, 0.1) is 23.7 Å². The second-order valence-corrected chi connectivity index (χ2v) is 4.41. The van der Waals surface area contributed by atoms with Gasteiger partial charge < -0.3 is 9.84 Å². The van der Waals surface area contributed by atoms with Crippen LogP contribution in [0.4, 0.5) is 5.69 Å². The van der Waals surface area contributed by atoms with E-state index in [-0.39, 0.29) is 11.4 Å². The first kappa shape index (κ1) is 15.1. The zero-order valence-electron chi connectivity index (χ0n) is 11.7. The number of nitriles is 1. The molecule has 2 aromatic rings. The lowest BCUT2D eigenvalue weighted by molar-refractivity contribution is -0.384. The zero-order chi connectivity index (χ0) is 16.1. The molecule has 0 spiro atoms. The van der Waals surface area contributed by atoms with Crippen LogP contribution in [0.5, 0.6) is 11.5 Å². The fourth-order valence-electron chi connectivity index (χ4n) is 1.91. The second-order valence-electron chi connectivity index (χ2n) is 4.41. The molecule has 110 valence electrons. The molecule has 6 nitrogen and oxygen atoms in total. The van der Waals surface area contributed by atoms with Crippen molar-refractivity contribution in [3.8, 4) is 17.6 Å². The summed E-state index contributed by atoms with van der Waals surface area (Å²) in [6, 6.07) is 12.5. The third-order valence-electron chi connectivity index (χ3n) is 3.02. The van der Waals surface area contributed by atoms with Crippen molar-refractivity contribution in [3.63, 3.8) is 0 Å². The zero-order valence-corrected chi connectivity index (χ0v) is 11.7. The molecule has 0 unspecified atom stereocenters. The predicted molar refractivity (Wildman–Crippen MR) is 81.2 cm³/mol. The number of nitro groups is 1. The van der Waals surface area contributed by atoms with Crippen molar-refractivity contribution < 1.29 is 14.8 Å². The molecule has 0 aliphatic rings. The Labute approximate surface area is 126 Å². The summed E-state index contributed by atoms with van der Waals surface area (Å²) in [5.41, 5.74) is 1.47. The number of benzene rings is 2. The molecule has 0 aliphatic heterocycles. The number of non-ortho nitro benzene ring substituents is 1. The quantitative estimate of drug-likeness (QED) is 0.404. The van der Waals surface area contributed by atoms with Gasteiger partial charge in [0.2, 0.25) is 0 Å². The SMILES string of the molecule is COc1ccc(C=C(C#N)c2ccc([N+](=O)[O-])cc2)cc1O. The number of methoxy groups -OCH3 is 1. The number of aromatic hydroxyl groups is 1. The van der Waals surface area contributed by atoms with Crippen molar-refractivity contribution in [2.75, 3.05) is 7.11 Å². The van der Waals surface area contributed by atoms with Crippen LogP contribution in [0.15, 0.2) is 42.5 Å². The highest BCUT2D eigenvalue weighted by Crippen LogP contribution is 2.28. The lowest BCUT2D eigenvalue weighted by Crippen LogP contribution is -1.89. The topological polar surface area (TPSA) is 96.4 Å². The van der Waals surface area contributed by atoms with Crippen LogP contribution in [0.1, 0.15) is 11.1 Å². The van der Waals surface area contributed by atoms with E-state index >= 15 is 0 Å². The van der Waals surface area contributed by atoms with Gasteiger partial charge in [-0.3, -0.25) is 10.1 Å². The third kappa shape index (κ3) is 3.22. The Balaban J connectivity index is 2.37. The largest absolute Gasteiger partial charge is 0.504 e. The fraction of sp³-hybridized carbons (Fsp3) is 0.0625. The predicted octanol–water partition coefficient (Wildman–Crippen LogP) is 3.37. The van der Waals surface area contributed by atoms with Crippen LogP contribution in [-0.2, 0) is 0 Å². The highest BCUT2D eigenvalue weighted by atomic mass is 16.6. The minimum absolute atomic E-state index is 0.0303. The van der Waals surface area contributed by atoms with E-state index in [1.165, 1.54) is 37.4 Å². The molecule has 0 aliphatic carbocycles. The number of nitrogens with zero attached hydrogens (tertiary/aromatic N) is 2. The number of hydrogen-bond donors (Lipinski definition) is 1. The lowest BCUT2D eigenvalue weighted by Gasteiger charge is -2.04. The second kappa shape index (κ2) is 6.41. The summed E-state index contributed by atoms with van der Waals surface area (Å²) in [5, 5.41) is 29.6. The summed E-state index contributed by atoms with van der Waals surface area (Å²) in [5.74, 6) is 0.309. The maximum atomic E-state index is 10.6. The van der Waals surface area contributed by atoms with Crippen LogP contribution >= 0.6 is 0 Å². The van der Waals surface area contributed by atoms with Crippen LogP contribution < -0.4 is 4.74 Å². The Kier molecular flexibility index (Phi) is 4.39. The molecule has 0 saturated carbocycles. The third-order valence-corrected chi connectivity index (χ3v) is 3.02. The van der Waals surface area contributed by atoms with Gasteiger partial charge in [-0.1, -0.05) is 6.07 Å². The highest BCUT2D eigenvalue weighted by Gasteiger charge is 2.08. The molecule has 0 aromatic heterocycles. The number of rotatable bonds is 4. The summed E-state index contributed by atoms with van der Waals surface area (Å²) in [4.78, 5) is 10.1. The van der Waals surface area contributed by atoms with Crippen LogP contribution in [0.3, 0.4) is 0 Å². The van der Waals surface area contributed by atoms with Gasteiger partial charge in [-0.2, -0.15) is 5.26 Å². The van der Waals surface area contributed by atoms with E-state index in [4.69, 9.17) is 4.74 Å². The number of hydrogen-bond acceptors (Lipinski definition) is 5. The van der Waals surface area contributed by atoms with Gasteiger partial charge in [-0.25, -0.2) is 0 Å². The van der Waals surface area contributed by atoms with Crippen LogP contribution in [0.25, 0.3) is 11.6 Å². The highest BCUT2D eigenvalue weighted by molar-refractivity contribution is 5.90. The van der Waals surface area contributed by atoms with E-state index in [2.05, 4.69) is 0 Å². The Morgan fingerprint density at radius 3 is 2.50 bits per heavy atom. The van der Waals surface area contributed by atoms with Gasteiger partial charge in [0.1, 0.15) is 0 Å². The van der Waals surface area contributed by atoms with Crippen molar-refractivity contribution in [2.45, 2.75) is 0 Å². The summed E-state index contributed by atoms with van der Waals surface area (Å²) >= 11 is 0. The van der Waals surface area contributed by atoms with Crippen LogP contribution in [0, 0.1) is 21.4 Å². The maximum absolute atomic E-state index is 10.6. The number of phenols is 1. The van der Waals surface area contributed by atoms with Gasteiger partial charge in [0.25, 0.3) is 5.69 Å². The summed E-state index contributed by atoms with van der Waals surface area (Å²) in [6.45, 7) is 0. The lowest BCUT2D eigenvalue weighted by atomic mass is 10.0. The number of allylic oxidation sites excluding steroid dienone is 1. The molecule has 0 radical (unpaired) electrons. The summed E-state index contributed by atoms with van der Waals surface area (Å²) in [6.07, 6.45) is 1.58. The minimum atomic E-state index is -0.499. The number of phenolic OH excluding ortho intramolecular Hbond substituents is 1. The smallest absolute Gasteiger partial charge is 0.269 e. The Bertz CT molecular complexity index is 774. The molecule has 0 bridgehead atoms. The average molecular weight is 296 g/mol. The van der Waals surface area contributed by atoms with Gasteiger partial charge >= 0.3 is 0 Å². The molecule has 0 fully saturated rings. The average Bonchev–Trinajstić information content (AvgIpc) is 2.53. The van der Waals surface area contributed by atoms with E-state index in [0.717, 1.165) is 0 Å². The van der Waals surface area contributed by atoms with E-state index in [1.807, 2.05) is 6.07 Å². The normalized spacial score (nSPS) is 10.8. The molecule has 2 aromatic carbocycles. The van der Waals surface area contributed by atoms with Gasteiger partial charge in [-0.15, -0.1) is 0 Å². The first-order chi connectivity index (χ1) is 10.5. The first-order valence-electron chi connectivity index (χ1n) is 6.29. The van der Waals surface area contributed by atoms with Crippen LogP contribution in [-0.4, -0.2) is 17.1 Å². The molecule has 0 atom stereocenters. The minimum Gasteiger partial charge on any atom is -0.504 e. The van der Waals surface area contributed by atoms with Crippen molar-refractivity contribution in [3.05, 3.63) is 63.7 Å². The van der Waals surface area contributed by atoms with Crippen molar-refractivity contribution in [1.82, 2.24) is 0 Å². The van der Waals surface area contributed by atoms with Gasteiger partial charge in [0, 0.05) is 12.1 Å². The number of nitro benzene ring substituents is 1. The molecule has 0 amide bonds. The van der Waals surface area contributed by atoms with Crippen molar-refractivity contribution in [2.24, 2.45) is 0 Å². The molecule has 6 heteroatoms. The van der Waals surface area contributed by atoms with Crippen molar-refractivity contribution in [1.29, 1.82) is 5.26 Å². The fourth-order valence-corrected chi connectivity index (χ4v) is 1.91. The van der Waals surface area contributed by atoms with E-state index in [0.29, 0.717) is 22.4 Å². The Morgan fingerprint density at radius 2 is 2.00 bits per heavy atom. The van der Waals surface area contributed by atoms with Gasteiger partial charge in [-0.05, 0) is 41.5 Å². The van der Waals surface area contributed by atoms with E-state index in [1.54, 1.807) is 18.2 Å².